The van der Waals surface area contributed by atoms with Crippen molar-refractivity contribution in [3.05, 3.63) is 11.3 Å². The van der Waals surface area contributed by atoms with Crippen LogP contribution in [0.3, 0.4) is 0 Å². The number of hydrogen-bond donors (Lipinski definition) is 3. The van der Waals surface area contributed by atoms with Gasteiger partial charge in [-0.1, -0.05) is 27.2 Å². The van der Waals surface area contributed by atoms with Crippen molar-refractivity contribution in [1.82, 2.24) is 4.90 Å². The van der Waals surface area contributed by atoms with Gasteiger partial charge in [0.05, 0.1) is 35.9 Å². The van der Waals surface area contributed by atoms with Gasteiger partial charge in [0, 0.05) is 44.2 Å². The number of fused-ring (bicyclic) bond motifs is 2. The highest BCUT2D eigenvalue weighted by atomic mass is 16.7. The van der Waals surface area contributed by atoms with E-state index in [9.17, 15) is 20.1 Å². The number of ether oxygens (including phenoxy) is 7. The summed E-state index contributed by atoms with van der Waals surface area (Å²) in [5.41, 5.74) is -2.40. The summed E-state index contributed by atoms with van der Waals surface area (Å²) in [6, 6.07) is -0.209. The van der Waals surface area contributed by atoms with E-state index in [1.165, 1.54) is 6.92 Å². The maximum atomic E-state index is 14.2. The van der Waals surface area contributed by atoms with Crippen molar-refractivity contribution in [2.24, 2.45) is 17.8 Å². The molecule has 0 aromatic carbocycles. The largest absolute Gasteiger partial charge is 0.489 e. The average molecular weight is 714 g/mol. The van der Waals surface area contributed by atoms with E-state index >= 15 is 0 Å². The van der Waals surface area contributed by atoms with Gasteiger partial charge in [0.2, 0.25) is 0 Å². The number of aliphatic hydroxyl groups excluding tert-OH is 2. The predicted octanol–water partition coefficient (Wildman–Crippen LogP) is 4.31. The number of aliphatic hydroxyl groups is 3. The summed E-state index contributed by atoms with van der Waals surface area (Å²) in [4.78, 5) is 16.2. The quantitative estimate of drug-likeness (QED) is 0.308. The number of hydrogen-bond acceptors (Lipinski definition) is 12. The Morgan fingerprint density at radius 1 is 0.960 bits per heavy atom. The lowest BCUT2D eigenvalue weighted by Crippen LogP contribution is -2.59. The summed E-state index contributed by atoms with van der Waals surface area (Å²) in [6.07, 6.45) is -3.78. The zero-order valence-electron chi connectivity index (χ0n) is 32.8. The summed E-state index contributed by atoms with van der Waals surface area (Å²) < 4.78 is 45.3. The van der Waals surface area contributed by atoms with Crippen LogP contribution >= 0.6 is 0 Å². The van der Waals surface area contributed by atoms with Gasteiger partial charge in [-0.3, -0.25) is 4.79 Å². The Hall–Kier alpha value is -1.35. The standard InChI is InChI=1S/C38H67NO11/c1-14-15-27-38(10,43)32(41)23(5)30-20(2)17-37(9,50-30)33(49-35-29(40)26(39(11)12)16-21(3)46-35)24(6)31(25(7)34(42)47-27)48-28-19-36(8,44-13)18-22(4)45-28/h21-29,31-33,35,40-41,43H,14-19H2,1-13H3/t21-,22+,23-,24+,25-,26+,27?,28?,29-,31+,32-,33-,35?,36+,37-,38-/m1/s1. The molecule has 16 atom stereocenters. The number of likely N-dealkylation sites (N-methyl/N-ethyl adjacent to an activating group) is 1. The molecule has 12 heteroatoms. The summed E-state index contributed by atoms with van der Waals surface area (Å²) in [5, 5.41) is 35.2. The Morgan fingerprint density at radius 3 is 2.22 bits per heavy atom. The zero-order chi connectivity index (χ0) is 37.5. The highest BCUT2D eigenvalue weighted by molar-refractivity contribution is 5.73. The van der Waals surface area contributed by atoms with Gasteiger partial charge in [-0.05, 0) is 81.0 Å². The molecule has 4 heterocycles. The van der Waals surface area contributed by atoms with Crippen LogP contribution in [0.5, 0.6) is 0 Å². The molecule has 290 valence electrons. The van der Waals surface area contributed by atoms with Crippen molar-refractivity contribution in [3.8, 4) is 0 Å². The van der Waals surface area contributed by atoms with Crippen molar-refractivity contribution in [1.29, 1.82) is 0 Å². The summed E-state index contributed by atoms with van der Waals surface area (Å²) in [6.45, 7) is 18.9. The van der Waals surface area contributed by atoms with E-state index in [1.54, 1.807) is 14.0 Å². The number of nitrogens with zero attached hydrogens (tertiary/aromatic N) is 1. The van der Waals surface area contributed by atoms with Crippen LogP contribution in [0.1, 0.15) is 108 Å². The second-order valence-corrected chi connectivity index (χ2v) is 16.7. The van der Waals surface area contributed by atoms with Gasteiger partial charge in [-0.25, -0.2) is 0 Å². The first-order valence-corrected chi connectivity index (χ1v) is 18.7. The van der Waals surface area contributed by atoms with Gasteiger partial charge in [0.15, 0.2) is 12.6 Å². The predicted molar refractivity (Wildman–Crippen MR) is 187 cm³/mol. The van der Waals surface area contributed by atoms with Crippen LogP contribution in [0.2, 0.25) is 0 Å². The van der Waals surface area contributed by atoms with E-state index in [0.717, 1.165) is 5.57 Å². The molecule has 50 heavy (non-hydrogen) atoms. The zero-order valence-corrected chi connectivity index (χ0v) is 32.8. The molecule has 3 fully saturated rings. The van der Waals surface area contributed by atoms with E-state index < -0.39 is 83.6 Å². The molecule has 12 nitrogen and oxygen atoms in total. The Bertz CT molecular complexity index is 1200. The molecule has 4 rings (SSSR count). The van der Waals surface area contributed by atoms with Gasteiger partial charge >= 0.3 is 5.97 Å². The van der Waals surface area contributed by atoms with Gasteiger partial charge in [0.25, 0.3) is 0 Å². The number of carbonyl (C=O) groups is 1. The maximum absolute atomic E-state index is 14.2. The molecule has 3 N–H and O–H groups in total. The SMILES string of the molecule is CCCC1OC(=O)[C@H](C)[C@@H](OC2C[C@@](C)(OC)C[C@H](C)O2)[C@H](C)[C@@H](OC2O[C@H](C)C[C@H](N(C)C)[C@H]2O)[C@@]2(C)CC(C)=C(O2)[C@@H](C)[C@@H](O)[C@]1(C)O. The molecular formula is C38H67NO11. The first-order chi connectivity index (χ1) is 23.2. The van der Waals surface area contributed by atoms with Gasteiger partial charge in [-0.15, -0.1) is 0 Å². The minimum atomic E-state index is -1.79. The molecule has 0 aromatic heterocycles. The van der Waals surface area contributed by atoms with Crippen LogP contribution in [0.4, 0.5) is 0 Å². The molecule has 0 amide bonds. The summed E-state index contributed by atoms with van der Waals surface area (Å²) in [7, 11) is 5.53. The Labute approximate surface area is 300 Å². The third-order valence-corrected chi connectivity index (χ3v) is 11.8. The van der Waals surface area contributed by atoms with Gasteiger partial charge < -0.3 is 53.4 Å². The van der Waals surface area contributed by atoms with Crippen molar-refractivity contribution >= 4 is 5.97 Å². The Morgan fingerprint density at radius 2 is 1.62 bits per heavy atom. The number of rotatable bonds is 8. The fourth-order valence-electron chi connectivity index (χ4n) is 8.90. The Balaban J connectivity index is 1.84. The third kappa shape index (κ3) is 8.55. The van der Waals surface area contributed by atoms with E-state index in [4.69, 9.17) is 33.2 Å². The molecule has 3 saturated heterocycles. The highest BCUT2D eigenvalue weighted by Gasteiger charge is 2.55. The van der Waals surface area contributed by atoms with Crippen LogP contribution in [-0.2, 0) is 38.0 Å². The molecule has 2 bridgehead atoms. The lowest BCUT2D eigenvalue weighted by molar-refractivity contribution is -0.308. The van der Waals surface area contributed by atoms with E-state index in [0.29, 0.717) is 44.3 Å². The molecule has 0 aromatic rings. The number of carbonyl (C=O) groups excluding carboxylic acids is 1. The first-order valence-electron chi connectivity index (χ1n) is 18.7. The monoisotopic (exact) mass is 713 g/mol. The van der Waals surface area contributed by atoms with Gasteiger partial charge in [0.1, 0.15) is 35.3 Å². The van der Waals surface area contributed by atoms with Crippen LogP contribution in [-0.4, -0.2) is 126 Å². The first kappa shape index (κ1) is 41.4. The van der Waals surface area contributed by atoms with Crippen molar-refractivity contribution in [3.63, 3.8) is 0 Å². The number of cyclic esters (lactones) is 1. The second kappa shape index (κ2) is 15.9. The molecule has 0 saturated carbocycles. The smallest absolute Gasteiger partial charge is 0.311 e. The molecule has 4 aliphatic rings. The fourth-order valence-corrected chi connectivity index (χ4v) is 8.90. The topological polar surface area (TPSA) is 146 Å². The van der Waals surface area contributed by atoms with E-state index in [2.05, 4.69) is 0 Å². The Kier molecular flexibility index (Phi) is 13.2. The molecule has 0 aliphatic carbocycles. The molecule has 0 radical (unpaired) electrons. The lowest BCUT2D eigenvalue weighted by Gasteiger charge is -2.48. The number of esters is 1. The normalized spacial score (nSPS) is 48.0. The molecule has 0 spiro atoms. The van der Waals surface area contributed by atoms with Gasteiger partial charge in [-0.2, -0.15) is 0 Å². The van der Waals surface area contributed by atoms with Crippen LogP contribution < -0.4 is 0 Å². The highest BCUT2D eigenvalue weighted by Crippen LogP contribution is 2.47. The lowest BCUT2D eigenvalue weighted by atomic mass is 9.78. The van der Waals surface area contributed by atoms with Crippen LogP contribution in [0.15, 0.2) is 11.3 Å². The maximum Gasteiger partial charge on any atom is 0.311 e. The van der Waals surface area contributed by atoms with Crippen molar-refractivity contribution < 1.29 is 53.3 Å². The van der Waals surface area contributed by atoms with Crippen molar-refractivity contribution in [2.75, 3.05) is 21.2 Å². The summed E-state index contributed by atoms with van der Waals surface area (Å²) >= 11 is 0. The van der Waals surface area contributed by atoms with E-state index in [-0.39, 0.29) is 18.2 Å². The van der Waals surface area contributed by atoms with Crippen molar-refractivity contribution in [2.45, 2.75) is 186 Å². The second-order valence-electron chi connectivity index (χ2n) is 16.7. The number of methoxy groups -OCH3 is 1. The van der Waals surface area contributed by atoms with E-state index in [1.807, 2.05) is 74.4 Å². The fraction of sp³-hybridized carbons (Fsp3) is 0.921. The average Bonchev–Trinajstić information content (AvgIpc) is 3.35. The van der Waals surface area contributed by atoms with Crippen LogP contribution in [0.25, 0.3) is 0 Å². The molecular weight excluding hydrogens is 646 g/mol. The van der Waals surface area contributed by atoms with Crippen LogP contribution in [0, 0.1) is 17.8 Å². The minimum Gasteiger partial charge on any atom is -0.489 e. The molecule has 3 unspecified atom stereocenters. The third-order valence-electron chi connectivity index (χ3n) is 11.8. The minimum absolute atomic E-state index is 0.162. The molecule has 4 aliphatic heterocycles. The summed E-state index contributed by atoms with van der Waals surface area (Å²) in [5.74, 6) is -2.05.